The first-order chi connectivity index (χ1) is 12.5. The Hall–Kier alpha value is -3.16. The van der Waals surface area contributed by atoms with Crippen LogP contribution in [0.25, 0.3) is 0 Å². The number of methoxy groups -OCH3 is 3. The molecule has 1 aromatic carbocycles. The summed E-state index contributed by atoms with van der Waals surface area (Å²) in [4.78, 5) is 22.8. The summed E-state index contributed by atoms with van der Waals surface area (Å²) in [7, 11) is 4.59. The molecule has 8 heteroatoms. The van der Waals surface area contributed by atoms with E-state index >= 15 is 0 Å². The number of carboxylic acids is 1. The summed E-state index contributed by atoms with van der Waals surface area (Å²) in [6, 6.07) is 6.45. The molecule has 2 aromatic rings. The monoisotopic (exact) mass is 363 g/mol. The SMILES string of the molecule is COc1cc(CCC(=O)NCc2ccc(C(=O)O)o2)cc(OC)c1OC. The Morgan fingerprint density at radius 1 is 1.08 bits per heavy atom. The van der Waals surface area contributed by atoms with Crippen LogP contribution in [0.5, 0.6) is 17.2 Å². The molecule has 0 aliphatic carbocycles. The van der Waals surface area contributed by atoms with Crippen molar-refractivity contribution in [2.24, 2.45) is 0 Å². The van der Waals surface area contributed by atoms with Crippen LogP contribution in [0.2, 0.25) is 0 Å². The van der Waals surface area contributed by atoms with Crippen molar-refractivity contribution in [2.75, 3.05) is 21.3 Å². The highest BCUT2D eigenvalue weighted by Crippen LogP contribution is 2.38. The minimum atomic E-state index is -1.15. The molecule has 8 nitrogen and oxygen atoms in total. The maximum Gasteiger partial charge on any atom is 0.371 e. The molecule has 1 amide bonds. The lowest BCUT2D eigenvalue weighted by atomic mass is 10.1. The molecular formula is C18H21NO7. The minimum Gasteiger partial charge on any atom is -0.493 e. The second kappa shape index (κ2) is 8.80. The Kier molecular flexibility index (Phi) is 6.48. The highest BCUT2D eigenvalue weighted by atomic mass is 16.5. The molecule has 0 unspecified atom stereocenters. The van der Waals surface area contributed by atoms with Gasteiger partial charge >= 0.3 is 5.97 Å². The second-order valence-electron chi connectivity index (χ2n) is 5.38. The first-order valence-corrected chi connectivity index (χ1v) is 7.86. The number of benzene rings is 1. The Balaban J connectivity index is 1.93. The van der Waals surface area contributed by atoms with Crippen LogP contribution in [-0.2, 0) is 17.8 Å². The van der Waals surface area contributed by atoms with Gasteiger partial charge in [-0.3, -0.25) is 4.79 Å². The first-order valence-electron chi connectivity index (χ1n) is 7.86. The summed E-state index contributed by atoms with van der Waals surface area (Å²) >= 11 is 0. The van der Waals surface area contributed by atoms with Crippen molar-refractivity contribution in [2.45, 2.75) is 19.4 Å². The number of hydrogen-bond donors (Lipinski definition) is 2. The van der Waals surface area contributed by atoms with E-state index in [0.717, 1.165) is 5.56 Å². The number of furan rings is 1. The average Bonchev–Trinajstić information content (AvgIpc) is 3.13. The van der Waals surface area contributed by atoms with Crippen LogP contribution >= 0.6 is 0 Å². The van der Waals surface area contributed by atoms with Crippen LogP contribution in [0.3, 0.4) is 0 Å². The smallest absolute Gasteiger partial charge is 0.371 e. The lowest BCUT2D eigenvalue weighted by molar-refractivity contribution is -0.121. The minimum absolute atomic E-state index is 0.126. The second-order valence-corrected chi connectivity index (χ2v) is 5.38. The van der Waals surface area contributed by atoms with Crippen LogP contribution < -0.4 is 19.5 Å². The van der Waals surface area contributed by atoms with Gasteiger partial charge in [-0.15, -0.1) is 0 Å². The molecule has 0 saturated carbocycles. The third kappa shape index (κ3) is 4.69. The number of nitrogens with one attached hydrogen (secondary N) is 1. The highest BCUT2D eigenvalue weighted by molar-refractivity contribution is 5.84. The van der Waals surface area contributed by atoms with Gasteiger partial charge in [-0.1, -0.05) is 0 Å². The maximum atomic E-state index is 12.0. The molecule has 26 heavy (non-hydrogen) atoms. The van der Waals surface area contributed by atoms with E-state index in [9.17, 15) is 9.59 Å². The van der Waals surface area contributed by atoms with E-state index in [1.165, 1.54) is 33.5 Å². The number of carboxylic acid groups (broad SMARTS) is 1. The summed E-state index contributed by atoms with van der Waals surface area (Å²) in [6.07, 6.45) is 0.714. The van der Waals surface area contributed by atoms with Crippen molar-refractivity contribution in [1.29, 1.82) is 0 Å². The van der Waals surface area contributed by atoms with Gasteiger partial charge in [0.25, 0.3) is 0 Å². The van der Waals surface area contributed by atoms with E-state index < -0.39 is 5.97 Å². The number of hydrogen-bond acceptors (Lipinski definition) is 6. The van der Waals surface area contributed by atoms with E-state index in [0.29, 0.717) is 29.4 Å². The lowest BCUT2D eigenvalue weighted by Crippen LogP contribution is -2.22. The zero-order valence-corrected chi connectivity index (χ0v) is 14.8. The van der Waals surface area contributed by atoms with Gasteiger partial charge in [0.2, 0.25) is 17.4 Å². The summed E-state index contributed by atoms with van der Waals surface area (Å²) < 4.78 is 20.9. The molecule has 2 N–H and O–H groups in total. The number of amides is 1. The summed E-state index contributed by atoms with van der Waals surface area (Å²) in [5, 5.41) is 11.5. The van der Waals surface area contributed by atoms with Crippen molar-refractivity contribution in [1.82, 2.24) is 5.32 Å². The Labute approximate surface area is 150 Å². The molecule has 140 valence electrons. The van der Waals surface area contributed by atoms with Gasteiger partial charge in [-0.05, 0) is 36.2 Å². The molecule has 0 saturated heterocycles. The van der Waals surface area contributed by atoms with Crippen molar-refractivity contribution in [3.8, 4) is 17.2 Å². The van der Waals surface area contributed by atoms with Crippen molar-refractivity contribution in [3.05, 3.63) is 41.3 Å². The van der Waals surface area contributed by atoms with Crippen LogP contribution in [0, 0.1) is 0 Å². The molecule has 1 aromatic heterocycles. The topological polar surface area (TPSA) is 107 Å². The van der Waals surface area contributed by atoms with Gasteiger partial charge in [-0.2, -0.15) is 0 Å². The summed E-state index contributed by atoms with van der Waals surface area (Å²) in [5.74, 6) is 0.431. The Morgan fingerprint density at radius 2 is 1.73 bits per heavy atom. The Morgan fingerprint density at radius 3 is 2.23 bits per heavy atom. The number of aromatic carboxylic acids is 1. The van der Waals surface area contributed by atoms with E-state index in [4.69, 9.17) is 23.7 Å². The summed E-state index contributed by atoms with van der Waals surface area (Å²) in [6.45, 7) is 0.126. The number of carbonyl (C=O) groups is 2. The normalized spacial score (nSPS) is 10.3. The van der Waals surface area contributed by atoms with E-state index in [1.54, 1.807) is 12.1 Å². The molecule has 2 rings (SSSR count). The van der Waals surface area contributed by atoms with Crippen LogP contribution in [0.4, 0.5) is 0 Å². The number of ether oxygens (including phenoxy) is 3. The van der Waals surface area contributed by atoms with Crippen LogP contribution in [-0.4, -0.2) is 38.3 Å². The van der Waals surface area contributed by atoms with Crippen molar-refractivity contribution < 1.29 is 33.3 Å². The van der Waals surface area contributed by atoms with Gasteiger partial charge in [0.15, 0.2) is 11.5 Å². The fraction of sp³-hybridized carbons (Fsp3) is 0.333. The highest BCUT2D eigenvalue weighted by Gasteiger charge is 2.14. The molecule has 1 heterocycles. The summed E-state index contributed by atoms with van der Waals surface area (Å²) in [5.41, 5.74) is 0.862. The van der Waals surface area contributed by atoms with Gasteiger partial charge < -0.3 is 29.1 Å². The molecular weight excluding hydrogens is 342 g/mol. The molecule has 0 spiro atoms. The average molecular weight is 363 g/mol. The first kappa shape index (κ1) is 19.2. The standard InChI is InChI=1S/C18H21NO7/c1-23-14-8-11(9-15(24-2)17(14)25-3)4-7-16(20)19-10-12-5-6-13(26-12)18(21)22/h5-6,8-9H,4,7,10H2,1-3H3,(H,19,20)(H,21,22). The van der Waals surface area contributed by atoms with Crippen molar-refractivity contribution in [3.63, 3.8) is 0 Å². The Bertz CT molecular complexity index is 757. The third-order valence-corrected chi connectivity index (χ3v) is 3.70. The molecule has 0 bridgehead atoms. The van der Waals surface area contributed by atoms with E-state index in [2.05, 4.69) is 5.32 Å². The van der Waals surface area contributed by atoms with Crippen LogP contribution in [0.1, 0.15) is 28.3 Å². The van der Waals surface area contributed by atoms with Gasteiger partial charge in [0.05, 0.1) is 27.9 Å². The third-order valence-electron chi connectivity index (χ3n) is 3.70. The van der Waals surface area contributed by atoms with Gasteiger partial charge in [0.1, 0.15) is 5.76 Å². The quantitative estimate of drug-likeness (QED) is 0.703. The molecule has 0 aliphatic rings. The predicted octanol–water partition coefficient (Wildman–Crippen LogP) is 2.25. The number of carbonyl (C=O) groups excluding carboxylic acids is 1. The van der Waals surface area contributed by atoms with Crippen molar-refractivity contribution >= 4 is 11.9 Å². The molecule has 0 fully saturated rings. The molecule has 0 atom stereocenters. The van der Waals surface area contributed by atoms with Crippen LogP contribution in [0.15, 0.2) is 28.7 Å². The predicted molar refractivity (Wildman–Crippen MR) is 91.9 cm³/mol. The number of rotatable bonds is 9. The number of aryl methyl sites for hydroxylation is 1. The molecule has 0 radical (unpaired) electrons. The van der Waals surface area contributed by atoms with E-state index in [-0.39, 0.29) is 24.6 Å². The largest absolute Gasteiger partial charge is 0.493 e. The van der Waals surface area contributed by atoms with Gasteiger partial charge in [0, 0.05) is 6.42 Å². The fourth-order valence-electron chi connectivity index (χ4n) is 2.40. The lowest BCUT2D eigenvalue weighted by Gasteiger charge is -2.14. The maximum absolute atomic E-state index is 12.0. The van der Waals surface area contributed by atoms with Gasteiger partial charge in [-0.25, -0.2) is 4.79 Å². The van der Waals surface area contributed by atoms with E-state index in [1.807, 2.05) is 0 Å². The zero-order chi connectivity index (χ0) is 19.1. The molecule has 0 aliphatic heterocycles. The fourth-order valence-corrected chi connectivity index (χ4v) is 2.40. The zero-order valence-electron chi connectivity index (χ0n) is 14.8.